The average Bonchev–Trinajstić information content (AvgIpc) is 3.06. The summed E-state index contributed by atoms with van der Waals surface area (Å²) in [5.74, 6) is 1.59. The fourth-order valence-corrected chi connectivity index (χ4v) is 2.39. The summed E-state index contributed by atoms with van der Waals surface area (Å²) in [4.78, 5) is 0. The Morgan fingerprint density at radius 3 is 2.73 bits per heavy atom. The quantitative estimate of drug-likeness (QED) is 0.814. The van der Waals surface area contributed by atoms with Gasteiger partial charge in [-0.1, -0.05) is 12.1 Å². The number of nitrogens with one attached hydrogen (secondary N) is 1. The fraction of sp³-hybridized carbons (Fsp3) is 0.471. The summed E-state index contributed by atoms with van der Waals surface area (Å²) in [6, 6.07) is 8.47. The number of rotatable bonds is 8. The van der Waals surface area contributed by atoms with E-state index in [1.54, 1.807) is 13.3 Å². The molecule has 0 aliphatic carbocycles. The van der Waals surface area contributed by atoms with Gasteiger partial charge in [-0.15, -0.1) is 0 Å². The average molecular weight is 303 g/mol. The van der Waals surface area contributed by atoms with E-state index in [1.165, 1.54) is 0 Å². The number of para-hydroxylation sites is 1. The van der Waals surface area contributed by atoms with Gasteiger partial charge in [-0.25, -0.2) is 0 Å². The van der Waals surface area contributed by atoms with Crippen molar-refractivity contribution in [3.63, 3.8) is 0 Å². The molecule has 5 heteroatoms. The lowest BCUT2D eigenvalue weighted by molar-refractivity contribution is 0.307. The molecular formula is C17H25N3O2. The van der Waals surface area contributed by atoms with Crippen LogP contribution in [0, 0.1) is 0 Å². The second-order valence-corrected chi connectivity index (χ2v) is 5.28. The van der Waals surface area contributed by atoms with Crippen LogP contribution in [0.5, 0.6) is 11.5 Å². The van der Waals surface area contributed by atoms with Crippen molar-refractivity contribution in [2.24, 2.45) is 0 Å². The minimum absolute atomic E-state index is 0.274. The number of hydrogen-bond acceptors (Lipinski definition) is 4. The second-order valence-electron chi connectivity index (χ2n) is 5.28. The van der Waals surface area contributed by atoms with Crippen LogP contribution in [0.1, 0.15) is 32.4 Å². The van der Waals surface area contributed by atoms with Crippen molar-refractivity contribution in [3.05, 3.63) is 42.2 Å². The maximum absolute atomic E-state index is 5.61. The van der Waals surface area contributed by atoms with E-state index in [9.17, 15) is 0 Å². The molecule has 120 valence electrons. The van der Waals surface area contributed by atoms with Gasteiger partial charge in [0.1, 0.15) is 0 Å². The van der Waals surface area contributed by atoms with Crippen LogP contribution in [0.25, 0.3) is 0 Å². The highest BCUT2D eigenvalue weighted by molar-refractivity contribution is 5.46. The van der Waals surface area contributed by atoms with Gasteiger partial charge in [0.05, 0.1) is 19.8 Å². The molecule has 1 N–H and O–H groups in total. The Kier molecular flexibility index (Phi) is 5.83. The number of nitrogens with zero attached hydrogens (tertiary/aromatic N) is 2. The van der Waals surface area contributed by atoms with Crippen LogP contribution in [0.4, 0.5) is 0 Å². The number of methoxy groups -OCH3 is 1. The van der Waals surface area contributed by atoms with Crippen molar-refractivity contribution in [2.45, 2.75) is 39.4 Å². The van der Waals surface area contributed by atoms with Crippen molar-refractivity contribution in [2.75, 3.05) is 13.7 Å². The highest BCUT2D eigenvalue weighted by Crippen LogP contribution is 2.31. The van der Waals surface area contributed by atoms with E-state index in [4.69, 9.17) is 9.47 Å². The SMILES string of the molecule is CCOc1cccc(CN[C@@H](C)[C@@H](C)n2cccn2)c1OC. The van der Waals surface area contributed by atoms with E-state index >= 15 is 0 Å². The minimum Gasteiger partial charge on any atom is -0.493 e. The first-order valence-corrected chi connectivity index (χ1v) is 7.68. The van der Waals surface area contributed by atoms with Gasteiger partial charge in [0.2, 0.25) is 0 Å². The van der Waals surface area contributed by atoms with Gasteiger partial charge in [0, 0.05) is 30.5 Å². The van der Waals surface area contributed by atoms with Crippen LogP contribution in [0.15, 0.2) is 36.7 Å². The normalized spacial score (nSPS) is 13.6. The topological polar surface area (TPSA) is 48.3 Å². The molecule has 0 aliphatic rings. The first kappa shape index (κ1) is 16.4. The highest BCUT2D eigenvalue weighted by atomic mass is 16.5. The lowest BCUT2D eigenvalue weighted by Gasteiger charge is -2.22. The van der Waals surface area contributed by atoms with Crippen molar-refractivity contribution >= 4 is 0 Å². The van der Waals surface area contributed by atoms with Crippen LogP contribution in [0.2, 0.25) is 0 Å². The Morgan fingerprint density at radius 1 is 1.27 bits per heavy atom. The van der Waals surface area contributed by atoms with Crippen LogP contribution >= 0.6 is 0 Å². The second kappa shape index (κ2) is 7.84. The smallest absolute Gasteiger partial charge is 0.165 e. The molecule has 0 spiro atoms. The predicted octanol–water partition coefficient (Wildman–Crippen LogP) is 3.03. The molecule has 22 heavy (non-hydrogen) atoms. The van der Waals surface area contributed by atoms with Crippen LogP contribution < -0.4 is 14.8 Å². The van der Waals surface area contributed by atoms with Crippen molar-refractivity contribution in [1.29, 1.82) is 0 Å². The first-order valence-electron chi connectivity index (χ1n) is 7.68. The number of hydrogen-bond donors (Lipinski definition) is 1. The zero-order valence-corrected chi connectivity index (χ0v) is 13.7. The third-order valence-corrected chi connectivity index (χ3v) is 3.84. The van der Waals surface area contributed by atoms with Gasteiger partial charge < -0.3 is 14.8 Å². The monoisotopic (exact) mass is 303 g/mol. The summed E-state index contributed by atoms with van der Waals surface area (Å²) < 4.78 is 13.1. The molecule has 5 nitrogen and oxygen atoms in total. The van der Waals surface area contributed by atoms with E-state index in [0.717, 1.165) is 23.6 Å². The molecule has 2 atom stereocenters. The first-order chi connectivity index (χ1) is 10.7. The Bertz CT molecular complexity index is 569. The van der Waals surface area contributed by atoms with Crippen LogP contribution in [0.3, 0.4) is 0 Å². The van der Waals surface area contributed by atoms with Gasteiger partial charge in [-0.05, 0) is 32.9 Å². The summed E-state index contributed by atoms with van der Waals surface area (Å²) in [6.45, 7) is 7.62. The lowest BCUT2D eigenvalue weighted by atomic mass is 10.1. The molecule has 2 rings (SSSR count). The number of aromatic nitrogens is 2. The molecule has 1 aromatic carbocycles. The molecule has 0 unspecified atom stereocenters. The van der Waals surface area contributed by atoms with E-state index in [0.29, 0.717) is 6.61 Å². The molecule has 1 aromatic heterocycles. The fourth-order valence-electron chi connectivity index (χ4n) is 2.39. The van der Waals surface area contributed by atoms with Crippen molar-refractivity contribution in [1.82, 2.24) is 15.1 Å². The standard InChI is InChI=1S/C17H25N3O2/c1-5-22-16-9-6-8-15(17(16)21-4)12-18-13(2)14(3)20-11-7-10-19-20/h6-11,13-14,18H,5,12H2,1-4H3/t13-,14+/m0/s1. The molecule has 0 saturated carbocycles. The molecular weight excluding hydrogens is 278 g/mol. The highest BCUT2D eigenvalue weighted by Gasteiger charge is 2.15. The largest absolute Gasteiger partial charge is 0.493 e. The van der Waals surface area contributed by atoms with Crippen LogP contribution in [-0.2, 0) is 6.54 Å². The van der Waals surface area contributed by atoms with Crippen LogP contribution in [-0.4, -0.2) is 29.5 Å². The summed E-state index contributed by atoms with van der Waals surface area (Å²) in [5, 5.41) is 7.83. The zero-order valence-electron chi connectivity index (χ0n) is 13.7. The van der Waals surface area contributed by atoms with E-state index in [-0.39, 0.29) is 12.1 Å². The molecule has 0 amide bonds. The summed E-state index contributed by atoms with van der Waals surface area (Å²) >= 11 is 0. The van der Waals surface area contributed by atoms with Gasteiger partial charge in [-0.3, -0.25) is 4.68 Å². The van der Waals surface area contributed by atoms with Gasteiger partial charge in [0.15, 0.2) is 11.5 Å². The molecule has 1 heterocycles. The molecule has 0 aliphatic heterocycles. The van der Waals surface area contributed by atoms with E-state index in [1.807, 2.05) is 36.0 Å². The third-order valence-electron chi connectivity index (χ3n) is 3.84. The van der Waals surface area contributed by atoms with E-state index < -0.39 is 0 Å². The molecule has 0 bridgehead atoms. The molecule has 0 saturated heterocycles. The molecule has 0 radical (unpaired) electrons. The third kappa shape index (κ3) is 3.80. The molecule has 2 aromatic rings. The lowest BCUT2D eigenvalue weighted by Crippen LogP contribution is -2.33. The Morgan fingerprint density at radius 2 is 2.09 bits per heavy atom. The van der Waals surface area contributed by atoms with Gasteiger partial charge >= 0.3 is 0 Å². The Hall–Kier alpha value is -2.01. The maximum atomic E-state index is 5.61. The summed E-state index contributed by atoms with van der Waals surface area (Å²) in [6.07, 6.45) is 3.79. The van der Waals surface area contributed by atoms with Gasteiger partial charge in [0.25, 0.3) is 0 Å². The zero-order chi connectivity index (χ0) is 15.9. The number of benzene rings is 1. The Labute approximate surface area is 132 Å². The van der Waals surface area contributed by atoms with E-state index in [2.05, 4.69) is 30.3 Å². The summed E-state index contributed by atoms with van der Waals surface area (Å²) in [5.41, 5.74) is 1.09. The van der Waals surface area contributed by atoms with Crippen molar-refractivity contribution in [3.8, 4) is 11.5 Å². The number of ether oxygens (including phenoxy) is 2. The summed E-state index contributed by atoms with van der Waals surface area (Å²) in [7, 11) is 1.68. The minimum atomic E-state index is 0.274. The molecule has 0 fully saturated rings. The maximum Gasteiger partial charge on any atom is 0.165 e. The van der Waals surface area contributed by atoms with Crippen molar-refractivity contribution < 1.29 is 9.47 Å². The Balaban J connectivity index is 2.03. The van der Waals surface area contributed by atoms with Gasteiger partial charge in [-0.2, -0.15) is 5.10 Å². The predicted molar refractivity (Wildman–Crippen MR) is 87.4 cm³/mol.